The van der Waals surface area contributed by atoms with Crippen molar-refractivity contribution in [3.05, 3.63) is 35.9 Å². The summed E-state index contributed by atoms with van der Waals surface area (Å²) in [6, 6.07) is 10.1. The molecule has 154 valence electrons. The average Bonchev–Trinajstić information content (AvgIpc) is 3.12. The van der Waals surface area contributed by atoms with Crippen molar-refractivity contribution in [1.82, 2.24) is 15.1 Å². The van der Waals surface area contributed by atoms with Gasteiger partial charge in [-0.05, 0) is 37.9 Å². The molecular weight excluding hydrogens is 451 g/mol. The third-order valence-electron chi connectivity index (χ3n) is 5.10. The Balaban J connectivity index is 0.00000364. The van der Waals surface area contributed by atoms with Gasteiger partial charge in [-0.25, -0.2) is 0 Å². The van der Waals surface area contributed by atoms with E-state index in [2.05, 4.69) is 48.0 Å². The summed E-state index contributed by atoms with van der Waals surface area (Å²) in [6.45, 7) is 13.4. The van der Waals surface area contributed by atoms with E-state index >= 15 is 0 Å². The molecule has 2 N–H and O–H groups in total. The lowest BCUT2D eigenvalue weighted by atomic mass is 10.1. The molecule has 1 saturated heterocycles. The van der Waals surface area contributed by atoms with E-state index in [1.54, 1.807) is 0 Å². The van der Waals surface area contributed by atoms with Gasteiger partial charge in [0.25, 0.3) is 0 Å². The minimum atomic E-state index is -0.444. The number of halogens is 1. The number of benzene rings is 1. The summed E-state index contributed by atoms with van der Waals surface area (Å²) >= 11 is 0. The molecule has 0 aliphatic carbocycles. The zero-order chi connectivity index (χ0) is 18.8. The third kappa shape index (κ3) is 8.35. The number of aliphatic hydroxyl groups is 1. The Morgan fingerprint density at radius 2 is 1.96 bits per heavy atom. The molecule has 0 aromatic heterocycles. The quantitative estimate of drug-likeness (QED) is 0.319. The second-order valence-electron chi connectivity index (χ2n) is 7.12. The highest BCUT2D eigenvalue weighted by Crippen LogP contribution is 2.17. The first-order valence-corrected chi connectivity index (χ1v) is 10.1. The molecule has 1 heterocycles. The molecule has 0 amide bonds. The minimum absolute atomic E-state index is 0. The van der Waals surface area contributed by atoms with Crippen LogP contribution in [0.4, 0.5) is 0 Å². The third-order valence-corrected chi connectivity index (χ3v) is 5.10. The summed E-state index contributed by atoms with van der Waals surface area (Å²) in [4.78, 5) is 9.57. The molecule has 0 spiro atoms. The summed E-state index contributed by atoms with van der Waals surface area (Å²) in [5.74, 6) is 1.65. The fourth-order valence-electron chi connectivity index (χ4n) is 3.59. The van der Waals surface area contributed by atoms with Crippen molar-refractivity contribution in [3.8, 4) is 0 Å². The standard InChI is InChI=1S/C21H36N4O.HI/c1-4-22-21(23-15-20(26)14-18-10-8-7-9-11-18)25-13-12-19(17-25)16-24(5-2)6-3;/h7-11,19-20,26H,4-6,12-17H2,1-3H3,(H,22,23);1H. The normalized spacial score (nSPS) is 18.5. The van der Waals surface area contributed by atoms with E-state index in [1.165, 1.54) is 13.0 Å². The van der Waals surface area contributed by atoms with E-state index in [-0.39, 0.29) is 24.0 Å². The van der Waals surface area contributed by atoms with Gasteiger partial charge in [-0.15, -0.1) is 24.0 Å². The number of guanidine groups is 1. The number of hydrogen-bond acceptors (Lipinski definition) is 3. The molecule has 1 fully saturated rings. The Bertz CT molecular complexity index is 536. The number of likely N-dealkylation sites (tertiary alicyclic amines) is 1. The first-order chi connectivity index (χ1) is 12.7. The van der Waals surface area contributed by atoms with Gasteiger partial charge in [0.2, 0.25) is 0 Å². The number of nitrogens with one attached hydrogen (secondary N) is 1. The van der Waals surface area contributed by atoms with Crippen LogP contribution < -0.4 is 5.32 Å². The highest BCUT2D eigenvalue weighted by Gasteiger charge is 2.26. The van der Waals surface area contributed by atoms with Crippen LogP contribution in [0.5, 0.6) is 0 Å². The summed E-state index contributed by atoms with van der Waals surface area (Å²) in [6.07, 6.45) is 1.42. The predicted molar refractivity (Wildman–Crippen MR) is 125 cm³/mol. The largest absolute Gasteiger partial charge is 0.391 e. The van der Waals surface area contributed by atoms with Crippen LogP contribution in [0.2, 0.25) is 0 Å². The maximum absolute atomic E-state index is 10.3. The minimum Gasteiger partial charge on any atom is -0.391 e. The number of aliphatic imine (C=N–C) groups is 1. The molecule has 1 aromatic carbocycles. The summed E-state index contributed by atoms with van der Waals surface area (Å²) in [5.41, 5.74) is 1.15. The molecule has 0 bridgehead atoms. The lowest BCUT2D eigenvalue weighted by Crippen LogP contribution is -2.41. The fourth-order valence-corrected chi connectivity index (χ4v) is 3.59. The van der Waals surface area contributed by atoms with Crippen molar-refractivity contribution in [2.45, 2.75) is 39.7 Å². The van der Waals surface area contributed by atoms with Gasteiger partial charge < -0.3 is 20.2 Å². The topological polar surface area (TPSA) is 51.1 Å². The van der Waals surface area contributed by atoms with Gasteiger partial charge >= 0.3 is 0 Å². The average molecular weight is 488 g/mol. The van der Waals surface area contributed by atoms with E-state index in [0.29, 0.717) is 18.9 Å². The number of aliphatic hydroxyl groups excluding tert-OH is 1. The molecular formula is C21H37IN4O. The highest BCUT2D eigenvalue weighted by atomic mass is 127. The molecule has 1 aromatic rings. The number of rotatable bonds is 9. The number of hydrogen-bond donors (Lipinski definition) is 2. The molecule has 2 atom stereocenters. The second kappa shape index (κ2) is 13.3. The maximum atomic E-state index is 10.3. The molecule has 1 aliphatic heterocycles. The van der Waals surface area contributed by atoms with Crippen LogP contribution >= 0.6 is 24.0 Å². The van der Waals surface area contributed by atoms with E-state index < -0.39 is 6.10 Å². The summed E-state index contributed by atoms with van der Waals surface area (Å²) < 4.78 is 0. The molecule has 0 radical (unpaired) electrons. The lowest BCUT2D eigenvalue weighted by molar-refractivity contribution is 0.183. The Morgan fingerprint density at radius 1 is 1.26 bits per heavy atom. The van der Waals surface area contributed by atoms with Crippen LogP contribution in [-0.2, 0) is 6.42 Å². The maximum Gasteiger partial charge on any atom is 0.194 e. The van der Waals surface area contributed by atoms with Gasteiger partial charge in [-0.2, -0.15) is 0 Å². The molecule has 2 rings (SSSR count). The van der Waals surface area contributed by atoms with Crippen LogP contribution in [0, 0.1) is 5.92 Å². The zero-order valence-electron chi connectivity index (χ0n) is 17.1. The van der Waals surface area contributed by atoms with E-state index in [0.717, 1.165) is 44.2 Å². The molecule has 0 saturated carbocycles. The van der Waals surface area contributed by atoms with Crippen LogP contribution in [-0.4, -0.2) is 72.8 Å². The van der Waals surface area contributed by atoms with Crippen molar-refractivity contribution < 1.29 is 5.11 Å². The van der Waals surface area contributed by atoms with Gasteiger partial charge in [-0.1, -0.05) is 44.2 Å². The van der Waals surface area contributed by atoms with E-state index in [9.17, 15) is 5.11 Å². The van der Waals surface area contributed by atoms with Crippen molar-refractivity contribution in [2.24, 2.45) is 10.9 Å². The Hall–Kier alpha value is -0.860. The Labute approximate surface area is 182 Å². The van der Waals surface area contributed by atoms with Crippen molar-refractivity contribution >= 4 is 29.9 Å². The van der Waals surface area contributed by atoms with Gasteiger partial charge in [0.1, 0.15) is 0 Å². The van der Waals surface area contributed by atoms with Gasteiger partial charge in [-0.3, -0.25) is 4.99 Å². The lowest BCUT2D eigenvalue weighted by Gasteiger charge is -2.24. The predicted octanol–water partition coefficient (Wildman–Crippen LogP) is 2.84. The van der Waals surface area contributed by atoms with Crippen LogP contribution in [0.25, 0.3) is 0 Å². The van der Waals surface area contributed by atoms with Gasteiger partial charge in [0.05, 0.1) is 12.6 Å². The Kier molecular flexibility index (Phi) is 11.9. The SMILES string of the molecule is CCNC(=NCC(O)Cc1ccccc1)N1CCC(CN(CC)CC)C1.I. The zero-order valence-corrected chi connectivity index (χ0v) is 19.4. The van der Waals surface area contributed by atoms with Crippen LogP contribution in [0.1, 0.15) is 32.8 Å². The number of nitrogens with zero attached hydrogens (tertiary/aromatic N) is 3. The second-order valence-corrected chi connectivity index (χ2v) is 7.12. The van der Waals surface area contributed by atoms with E-state index in [4.69, 9.17) is 4.99 Å². The van der Waals surface area contributed by atoms with Crippen LogP contribution in [0.3, 0.4) is 0 Å². The van der Waals surface area contributed by atoms with Crippen molar-refractivity contribution in [2.75, 3.05) is 45.8 Å². The van der Waals surface area contributed by atoms with Gasteiger partial charge in [0, 0.05) is 32.6 Å². The smallest absolute Gasteiger partial charge is 0.194 e. The molecule has 5 nitrogen and oxygen atoms in total. The van der Waals surface area contributed by atoms with Crippen molar-refractivity contribution in [1.29, 1.82) is 0 Å². The molecule has 6 heteroatoms. The fraction of sp³-hybridized carbons (Fsp3) is 0.667. The summed E-state index contributed by atoms with van der Waals surface area (Å²) in [7, 11) is 0. The van der Waals surface area contributed by atoms with Gasteiger partial charge in [0.15, 0.2) is 5.96 Å². The molecule has 1 aliphatic rings. The highest BCUT2D eigenvalue weighted by molar-refractivity contribution is 14.0. The van der Waals surface area contributed by atoms with E-state index in [1.807, 2.05) is 18.2 Å². The molecule has 2 unspecified atom stereocenters. The first kappa shape index (κ1) is 24.2. The van der Waals surface area contributed by atoms with Crippen molar-refractivity contribution in [3.63, 3.8) is 0 Å². The molecule has 27 heavy (non-hydrogen) atoms. The monoisotopic (exact) mass is 488 g/mol. The van der Waals surface area contributed by atoms with Crippen LogP contribution in [0.15, 0.2) is 35.3 Å². The summed E-state index contributed by atoms with van der Waals surface area (Å²) in [5, 5.41) is 13.7. The first-order valence-electron chi connectivity index (χ1n) is 10.1. The Morgan fingerprint density at radius 3 is 2.59 bits per heavy atom.